The van der Waals surface area contributed by atoms with Gasteiger partial charge in [-0.25, -0.2) is 0 Å². The van der Waals surface area contributed by atoms with E-state index in [-0.39, 0.29) is 0 Å². The van der Waals surface area contributed by atoms with Crippen molar-refractivity contribution in [2.45, 2.75) is 6.10 Å². The van der Waals surface area contributed by atoms with Gasteiger partial charge in [-0.05, 0) is 0 Å². The summed E-state index contributed by atoms with van der Waals surface area (Å²) in [5, 5.41) is 8.37. The van der Waals surface area contributed by atoms with Gasteiger partial charge in [0.05, 0.1) is 15.9 Å². The van der Waals surface area contributed by atoms with E-state index in [1.54, 1.807) is 0 Å². The van der Waals surface area contributed by atoms with Crippen LogP contribution in [-0.4, -0.2) is 24.4 Å². The van der Waals surface area contributed by atoms with Crippen molar-refractivity contribution >= 4 is 0 Å². The maximum atomic E-state index is 8.37. The predicted molar refractivity (Wildman–Crippen MR) is 16.8 cm³/mol. The zero-order valence-corrected chi connectivity index (χ0v) is 2.64. The topological polar surface area (TPSA) is 32.8 Å². The number of rotatable bonds is 1. The van der Waals surface area contributed by atoms with Crippen LogP contribution in [0.1, 0.15) is 2.74 Å². The minimum atomic E-state index is -2.11. The Bertz CT molecular complexity index is 73.5. The van der Waals surface area contributed by atoms with Gasteiger partial charge in [-0.1, -0.05) is 0 Å². The third kappa shape index (κ3) is 0.597. The Labute approximate surface area is 33.2 Å². The van der Waals surface area contributed by atoms with E-state index in [1.165, 1.54) is 0 Å². The fourth-order valence-corrected chi connectivity index (χ4v) is 0.123. The summed E-state index contributed by atoms with van der Waals surface area (Å²) in [7, 11) is 0. The summed E-state index contributed by atoms with van der Waals surface area (Å²) in [6, 6.07) is 0. The molecule has 0 aromatic heterocycles. The lowest BCUT2D eigenvalue weighted by molar-refractivity contribution is 0.244. The normalized spacial score (nSPS) is 43.0. The first-order valence-corrected chi connectivity index (χ1v) is 1.44. The highest BCUT2D eigenvalue weighted by Crippen LogP contribution is 2.04. The largest absolute Gasteiger partial charge is 0.394 e. The van der Waals surface area contributed by atoms with Crippen molar-refractivity contribution in [3.63, 3.8) is 0 Å². The Kier molecular flexibility index (Phi) is 0.301. The van der Waals surface area contributed by atoms with Crippen LogP contribution in [0.25, 0.3) is 0 Å². The molecular weight excluding hydrogens is 68.0 g/mol. The average molecular weight is 76.1 g/mol. The van der Waals surface area contributed by atoms with Crippen LogP contribution in [0.2, 0.25) is 0 Å². The maximum absolute atomic E-state index is 8.37. The van der Waals surface area contributed by atoms with Crippen molar-refractivity contribution < 1.29 is 12.6 Å². The Hall–Kier alpha value is -0.0800. The van der Waals surface area contributed by atoms with Gasteiger partial charge in [0.15, 0.2) is 0 Å². The molecule has 0 radical (unpaired) electrons. The van der Waals surface area contributed by atoms with Gasteiger partial charge < -0.3 is 9.84 Å². The monoisotopic (exact) mass is 76.0 g/mol. The Morgan fingerprint density at radius 1 is 2.40 bits per heavy atom. The van der Waals surface area contributed by atoms with Crippen LogP contribution in [-0.2, 0) is 4.74 Å². The highest BCUT2D eigenvalue weighted by Gasteiger charge is 2.19. The summed E-state index contributed by atoms with van der Waals surface area (Å²) in [5.74, 6) is 0. The van der Waals surface area contributed by atoms with Gasteiger partial charge in [0.25, 0.3) is 0 Å². The molecule has 1 saturated heterocycles. The molecule has 1 unspecified atom stereocenters. The van der Waals surface area contributed by atoms with Crippen LogP contribution in [0.3, 0.4) is 0 Å². The minimum Gasteiger partial charge on any atom is -0.394 e. The van der Waals surface area contributed by atoms with E-state index >= 15 is 0 Å². The molecule has 0 aromatic carbocycles. The average Bonchev–Trinajstić information content (AvgIpc) is 1.99. The molecule has 0 saturated carbocycles. The van der Waals surface area contributed by atoms with E-state index in [4.69, 9.17) is 7.85 Å². The van der Waals surface area contributed by atoms with Crippen LogP contribution < -0.4 is 0 Å². The highest BCUT2D eigenvalue weighted by molar-refractivity contribution is 4.65. The van der Waals surface area contributed by atoms with E-state index in [2.05, 4.69) is 4.74 Å². The Morgan fingerprint density at radius 2 is 3.00 bits per heavy atom. The van der Waals surface area contributed by atoms with Crippen LogP contribution in [0, 0.1) is 0 Å². The Balaban J connectivity index is 2.36. The minimum absolute atomic E-state index is 0.351. The molecule has 0 spiro atoms. The first kappa shape index (κ1) is 1.58. The van der Waals surface area contributed by atoms with Crippen LogP contribution in [0.4, 0.5) is 0 Å². The van der Waals surface area contributed by atoms with E-state index in [9.17, 15) is 0 Å². The molecule has 1 heterocycles. The van der Waals surface area contributed by atoms with Crippen molar-refractivity contribution in [3.05, 3.63) is 0 Å². The quantitative estimate of drug-likeness (QED) is 0.422. The SMILES string of the molecule is [2H]C([2H])(O)C1CO1. The number of hydrogen-bond donors (Lipinski definition) is 1. The van der Waals surface area contributed by atoms with Gasteiger partial charge in [-0.2, -0.15) is 0 Å². The van der Waals surface area contributed by atoms with Crippen molar-refractivity contribution in [1.82, 2.24) is 0 Å². The molecule has 0 aromatic rings. The fraction of sp³-hybridized carbons (Fsp3) is 1.00. The second-order valence-corrected chi connectivity index (χ2v) is 0.951. The summed E-state index contributed by atoms with van der Waals surface area (Å²) < 4.78 is 17.5. The van der Waals surface area contributed by atoms with E-state index in [0.717, 1.165) is 0 Å². The third-order valence-corrected chi connectivity index (χ3v) is 0.477. The second-order valence-electron chi connectivity index (χ2n) is 0.951. The van der Waals surface area contributed by atoms with Crippen molar-refractivity contribution in [3.8, 4) is 0 Å². The summed E-state index contributed by atoms with van der Waals surface area (Å²) in [6.45, 7) is -1.76. The second kappa shape index (κ2) is 0.954. The molecule has 1 aliphatic heterocycles. The Morgan fingerprint density at radius 3 is 3.00 bits per heavy atom. The molecule has 1 fully saturated rings. The summed E-state index contributed by atoms with van der Waals surface area (Å²) >= 11 is 0. The fourth-order valence-electron chi connectivity index (χ4n) is 0.123. The smallest absolute Gasteiger partial charge is 0.104 e. The molecule has 0 aliphatic carbocycles. The molecule has 0 amide bonds. The molecule has 30 valence electrons. The molecule has 1 atom stereocenters. The highest BCUT2D eigenvalue weighted by atomic mass is 16.6. The first-order chi connectivity index (χ1) is 3.11. The van der Waals surface area contributed by atoms with Gasteiger partial charge in [0.1, 0.15) is 6.10 Å². The molecule has 5 heavy (non-hydrogen) atoms. The van der Waals surface area contributed by atoms with E-state index in [1.807, 2.05) is 0 Å². The number of ether oxygens (including phenoxy) is 1. The van der Waals surface area contributed by atoms with E-state index in [0.29, 0.717) is 6.61 Å². The summed E-state index contributed by atoms with van der Waals surface area (Å²) in [4.78, 5) is 0. The number of hydrogen-bond acceptors (Lipinski definition) is 2. The molecular formula is C3H6O2. The van der Waals surface area contributed by atoms with Gasteiger partial charge in [-0.15, -0.1) is 0 Å². The standard InChI is InChI=1S/C3H6O2/c4-1-3-2-5-3/h3-4H,1-2H2/i1D2. The van der Waals surface area contributed by atoms with E-state index < -0.39 is 12.7 Å². The molecule has 1 rings (SSSR count). The zero-order chi connectivity index (χ0) is 5.49. The van der Waals surface area contributed by atoms with Crippen molar-refractivity contribution in [2.24, 2.45) is 0 Å². The first-order valence-electron chi connectivity index (χ1n) is 2.44. The lowest BCUT2D eigenvalue weighted by Gasteiger charge is -1.70. The lowest BCUT2D eigenvalue weighted by atomic mass is 10.5. The van der Waals surface area contributed by atoms with Gasteiger partial charge >= 0.3 is 0 Å². The number of aliphatic hydroxyl groups is 1. The summed E-state index contributed by atoms with van der Waals surface area (Å²) in [5.41, 5.74) is 0. The molecule has 1 N–H and O–H groups in total. The molecule has 2 heteroatoms. The van der Waals surface area contributed by atoms with Gasteiger partial charge in [-0.3, -0.25) is 0 Å². The molecule has 1 aliphatic rings. The van der Waals surface area contributed by atoms with Crippen molar-refractivity contribution in [1.29, 1.82) is 0 Å². The van der Waals surface area contributed by atoms with Crippen LogP contribution >= 0.6 is 0 Å². The van der Waals surface area contributed by atoms with Crippen LogP contribution in [0.5, 0.6) is 0 Å². The predicted octanol–water partition coefficient (Wildman–Crippen LogP) is -0.623. The van der Waals surface area contributed by atoms with Crippen LogP contribution in [0.15, 0.2) is 0 Å². The maximum Gasteiger partial charge on any atom is 0.104 e. The zero-order valence-electron chi connectivity index (χ0n) is 4.64. The molecule has 2 nitrogen and oxygen atoms in total. The van der Waals surface area contributed by atoms with Gasteiger partial charge in [0, 0.05) is 0 Å². The summed E-state index contributed by atoms with van der Waals surface area (Å²) in [6.07, 6.45) is -0.563. The number of epoxide rings is 1. The van der Waals surface area contributed by atoms with Gasteiger partial charge in [0.2, 0.25) is 0 Å². The molecule has 0 bridgehead atoms. The third-order valence-electron chi connectivity index (χ3n) is 0.477. The van der Waals surface area contributed by atoms with Crippen molar-refractivity contribution in [2.75, 3.05) is 13.2 Å². The lowest BCUT2D eigenvalue weighted by Crippen LogP contribution is -1.88.